The second kappa shape index (κ2) is 8.23. The number of hydrogen-bond donors (Lipinski definition) is 0. The van der Waals surface area contributed by atoms with Gasteiger partial charge in [0.05, 0.1) is 19.9 Å². The molecule has 0 unspecified atom stereocenters. The van der Waals surface area contributed by atoms with Gasteiger partial charge in [0, 0.05) is 15.8 Å². The predicted octanol–water partition coefficient (Wildman–Crippen LogP) is 5.72. The summed E-state index contributed by atoms with van der Waals surface area (Å²) in [5.74, 6) is 1.43. The molecule has 1 aromatic heterocycles. The Labute approximate surface area is 156 Å². The first-order valence-electron chi connectivity index (χ1n) is 7.73. The molecular formula is C20H19NO2S2. The molecule has 0 aliphatic heterocycles. The molecule has 1 heterocycles. The van der Waals surface area contributed by atoms with Crippen molar-refractivity contribution in [3.05, 3.63) is 58.4 Å². The summed E-state index contributed by atoms with van der Waals surface area (Å²) in [5, 5.41) is 3.02. The van der Waals surface area contributed by atoms with E-state index < -0.39 is 0 Å². The Kier molecular flexibility index (Phi) is 5.79. The van der Waals surface area contributed by atoms with Crippen LogP contribution in [0.1, 0.15) is 10.6 Å². The van der Waals surface area contributed by atoms with Gasteiger partial charge in [0.2, 0.25) is 0 Å². The van der Waals surface area contributed by atoms with Gasteiger partial charge in [0.1, 0.15) is 5.01 Å². The second-order valence-corrected chi connectivity index (χ2v) is 7.02. The molecule has 0 saturated heterocycles. The first kappa shape index (κ1) is 17.6. The lowest BCUT2D eigenvalue weighted by Crippen LogP contribution is -1.90. The molecule has 0 aliphatic carbocycles. The van der Waals surface area contributed by atoms with E-state index in [2.05, 4.69) is 42.0 Å². The summed E-state index contributed by atoms with van der Waals surface area (Å²) < 4.78 is 10.6. The van der Waals surface area contributed by atoms with Gasteiger partial charge in [0.25, 0.3) is 0 Å². The lowest BCUT2D eigenvalue weighted by atomic mass is 10.1. The van der Waals surface area contributed by atoms with Crippen molar-refractivity contribution in [3.63, 3.8) is 0 Å². The topological polar surface area (TPSA) is 31.4 Å². The van der Waals surface area contributed by atoms with E-state index >= 15 is 0 Å². The maximum atomic E-state index is 5.36. The Balaban J connectivity index is 1.78. The molecule has 0 fully saturated rings. The van der Waals surface area contributed by atoms with Crippen molar-refractivity contribution < 1.29 is 9.47 Å². The van der Waals surface area contributed by atoms with Gasteiger partial charge in [0.15, 0.2) is 11.5 Å². The van der Waals surface area contributed by atoms with Gasteiger partial charge in [-0.25, -0.2) is 4.98 Å². The summed E-state index contributed by atoms with van der Waals surface area (Å²) >= 11 is 3.37. The van der Waals surface area contributed by atoms with Crippen molar-refractivity contribution in [2.24, 2.45) is 0 Å². The first-order valence-corrected chi connectivity index (χ1v) is 9.84. The third kappa shape index (κ3) is 4.24. The van der Waals surface area contributed by atoms with Crippen LogP contribution in [0.15, 0.2) is 52.7 Å². The second-order valence-electron chi connectivity index (χ2n) is 5.25. The highest BCUT2D eigenvalue weighted by Crippen LogP contribution is 2.32. The van der Waals surface area contributed by atoms with Gasteiger partial charge >= 0.3 is 0 Å². The van der Waals surface area contributed by atoms with Crippen molar-refractivity contribution >= 4 is 35.3 Å². The lowest BCUT2D eigenvalue weighted by Gasteiger charge is -2.08. The molecule has 0 saturated carbocycles. The van der Waals surface area contributed by atoms with Crippen LogP contribution in [-0.4, -0.2) is 25.5 Å². The molecule has 25 heavy (non-hydrogen) atoms. The highest BCUT2D eigenvalue weighted by Gasteiger charge is 2.08. The fourth-order valence-electron chi connectivity index (χ4n) is 2.37. The molecule has 0 bridgehead atoms. The molecule has 2 aromatic carbocycles. The largest absolute Gasteiger partial charge is 0.493 e. The van der Waals surface area contributed by atoms with Crippen LogP contribution in [0, 0.1) is 0 Å². The van der Waals surface area contributed by atoms with Crippen LogP contribution in [0.25, 0.3) is 23.4 Å². The highest BCUT2D eigenvalue weighted by molar-refractivity contribution is 7.98. The third-order valence-electron chi connectivity index (χ3n) is 3.74. The van der Waals surface area contributed by atoms with Crippen molar-refractivity contribution in [1.29, 1.82) is 0 Å². The third-order valence-corrected chi connectivity index (χ3v) is 5.29. The Morgan fingerprint density at radius 1 is 0.960 bits per heavy atom. The van der Waals surface area contributed by atoms with E-state index in [1.807, 2.05) is 24.3 Å². The van der Waals surface area contributed by atoms with E-state index in [1.165, 1.54) is 10.5 Å². The quantitative estimate of drug-likeness (QED) is 0.520. The average molecular weight is 370 g/mol. The fourth-order valence-corrected chi connectivity index (χ4v) is 3.50. The first-order chi connectivity index (χ1) is 12.2. The minimum Gasteiger partial charge on any atom is -0.493 e. The molecular weight excluding hydrogens is 350 g/mol. The molecule has 0 aliphatic rings. The highest BCUT2D eigenvalue weighted by atomic mass is 32.2. The molecule has 5 heteroatoms. The van der Waals surface area contributed by atoms with Gasteiger partial charge in [-0.3, -0.25) is 0 Å². The Morgan fingerprint density at radius 3 is 2.40 bits per heavy atom. The molecule has 0 amide bonds. The number of nitrogens with zero attached hydrogens (tertiary/aromatic N) is 1. The van der Waals surface area contributed by atoms with Crippen LogP contribution in [-0.2, 0) is 0 Å². The predicted molar refractivity (Wildman–Crippen MR) is 108 cm³/mol. The number of benzene rings is 2. The Bertz CT molecular complexity index is 870. The van der Waals surface area contributed by atoms with Crippen molar-refractivity contribution in [1.82, 2.24) is 4.98 Å². The maximum absolute atomic E-state index is 5.36. The summed E-state index contributed by atoms with van der Waals surface area (Å²) in [6, 6.07) is 14.3. The van der Waals surface area contributed by atoms with E-state index in [4.69, 9.17) is 14.5 Å². The van der Waals surface area contributed by atoms with Crippen LogP contribution in [0.4, 0.5) is 0 Å². The molecule has 128 valence electrons. The summed E-state index contributed by atoms with van der Waals surface area (Å²) in [4.78, 5) is 5.96. The zero-order valence-corrected chi connectivity index (χ0v) is 16.0. The van der Waals surface area contributed by atoms with E-state index in [-0.39, 0.29) is 0 Å². The lowest BCUT2D eigenvalue weighted by molar-refractivity contribution is 0.355. The molecule has 3 rings (SSSR count). The van der Waals surface area contributed by atoms with Crippen LogP contribution >= 0.6 is 23.1 Å². The molecule has 0 radical (unpaired) electrons. The number of aromatic nitrogens is 1. The van der Waals surface area contributed by atoms with Crippen LogP contribution < -0.4 is 9.47 Å². The van der Waals surface area contributed by atoms with Crippen LogP contribution in [0.2, 0.25) is 0 Å². The Morgan fingerprint density at radius 2 is 1.72 bits per heavy atom. The van der Waals surface area contributed by atoms with E-state index in [0.717, 1.165) is 22.0 Å². The van der Waals surface area contributed by atoms with Crippen LogP contribution in [0.5, 0.6) is 11.5 Å². The van der Waals surface area contributed by atoms with Crippen molar-refractivity contribution in [2.75, 3.05) is 20.5 Å². The summed E-state index contributed by atoms with van der Waals surface area (Å²) in [7, 11) is 3.27. The standard InChI is InChI=1S/C20H19NO2S2/c1-22-18-10-7-15(12-19(18)23-2)17-13-25-20(21-17)11-6-14-4-8-16(24-3)9-5-14/h4-13H,1-3H3/b11-6+. The number of rotatable bonds is 6. The summed E-state index contributed by atoms with van der Waals surface area (Å²) in [5.41, 5.74) is 3.11. The molecule has 3 nitrogen and oxygen atoms in total. The van der Waals surface area contributed by atoms with Gasteiger partial charge in [-0.2, -0.15) is 0 Å². The SMILES string of the molecule is COc1ccc(-c2csc(/C=C/c3ccc(SC)cc3)n2)cc1OC. The number of hydrogen-bond acceptors (Lipinski definition) is 5. The molecule has 0 atom stereocenters. The number of ether oxygens (including phenoxy) is 2. The van der Waals surface area contributed by atoms with Crippen molar-refractivity contribution in [3.8, 4) is 22.8 Å². The van der Waals surface area contributed by atoms with E-state index in [1.54, 1.807) is 37.3 Å². The molecule has 0 spiro atoms. The summed E-state index contributed by atoms with van der Waals surface area (Å²) in [6.07, 6.45) is 6.21. The van der Waals surface area contributed by atoms with Gasteiger partial charge in [-0.1, -0.05) is 18.2 Å². The fraction of sp³-hybridized carbons (Fsp3) is 0.150. The maximum Gasteiger partial charge on any atom is 0.161 e. The minimum absolute atomic E-state index is 0.707. The van der Waals surface area contributed by atoms with Crippen molar-refractivity contribution in [2.45, 2.75) is 4.90 Å². The van der Waals surface area contributed by atoms with Gasteiger partial charge in [-0.15, -0.1) is 23.1 Å². The van der Waals surface area contributed by atoms with Gasteiger partial charge < -0.3 is 9.47 Å². The van der Waals surface area contributed by atoms with Gasteiger partial charge in [-0.05, 0) is 48.2 Å². The monoisotopic (exact) mass is 369 g/mol. The number of thiazole rings is 1. The zero-order chi connectivity index (χ0) is 17.6. The zero-order valence-electron chi connectivity index (χ0n) is 14.4. The minimum atomic E-state index is 0.707. The van der Waals surface area contributed by atoms with E-state index in [9.17, 15) is 0 Å². The molecule has 0 N–H and O–H groups in total. The average Bonchev–Trinajstić information content (AvgIpc) is 3.15. The number of thioether (sulfide) groups is 1. The summed E-state index contributed by atoms with van der Waals surface area (Å²) in [6.45, 7) is 0. The molecule has 3 aromatic rings. The normalized spacial score (nSPS) is 11.0. The Hall–Kier alpha value is -2.24. The smallest absolute Gasteiger partial charge is 0.161 e. The number of methoxy groups -OCH3 is 2. The van der Waals surface area contributed by atoms with E-state index in [0.29, 0.717) is 5.75 Å². The van der Waals surface area contributed by atoms with Crippen LogP contribution in [0.3, 0.4) is 0 Å².